The van der Waals surface area contributed by atoms with Gasteiger partial charge in [-0.1, -0.05) is 61.3 Å². The van der Waals surface area contributed by atoms with Crippen LogP contribution in [-0.2, 0) is 0 Å². The van der Waals surface area contributed by atoms with Crippen LogP contribution in [0.15, 0.2) is 73.2 Å². The fourth-order valence-corrected chi connectivity index (χ4v) is 0.878. The summed E-state index contributed by atoms with van der Waals surface area (Å²) in [4.78, 5) is 0. The Kier molecular flexibility index (Phi) is 6.03. The van der Waals surface area contributed by atoms with Gasteiger partial charge in [-0.15, -0.1) is 0 Å². The molecule has 0 aliphatic carbocycles. The van der Waals surface area contributed by atoms with Crippen molar-refractivity contribution in [1.82, 2.24) is 0 Å². The summed E-state index contributed by atoms with van der Waals surface area (Å²) >= 11 is 0. The molecule has 0 fully saturated rings. The summed E-state index contributed by atoms with van der Waals surface area (Å²) in [7, 11) is 0. The van der Waals surface area contributed by atoms with Crippen LogP contribution >= 0.6 is 0 Å². The molecular weight excluding hydrogens is 187 g/mol. The molecule has 0 amide bonds. The predicted molar refractivity (Wildman–Crippen MR) is 66.2 cm³/mol. The summed E-state index contributed by atoms with van der Waals surface area (Å²) in [5.41, 5.74) is 2.68. The first kappa shape index (κ1) is 13.4. The van der Waals surface area contributed by atoms with E-state index in [1.165, 1.54) is 6.08 Å². The fraction of sp³-hybridized carbons (Fsp3) is 0.143. The maximum Gasteiger partial charge on any atom is 0.116 e. The standard InChI is InChI=1S/C14H17F/c1-11(2)6-7-12(3)10-13(4)8-9-14(5)15/h6-9H,1,3-5,10H2,2H3/b7-6-,9-8-. The molecule has 0 bridgehead atoms. The molecule has 0 heterocycles. The molecule has 0 spiro atoms. The minimum Gasteiger partial charge on any atom is -0.208 e. The average Bonchev–Trinajstić information content (AvgIpc) is 2.11. The van der Waals surface area contributed by atoms with Gasteiger partial charge in [-0.3, -0.25) is 0 Å². The molecule has 15 heavy (non-hydrogen) atoms. The summed E-state index contributed by atoms with van der Waals surface area (Å²) in [6, 6.07) is 0. The van der Waals surface area contributed by atoms with Crippen molar-refractivity contribution in [2.24, 2.45) is 0 Å². The molecule has 0 aliphatic rings. The lowest BCUT2D eigenvalue weighted by molar-refractivity contribution is 0.671. The van der Waals surface area contributed by atoms with Crippen molar-refractivity contribution >= 4 is 0 Å². The van der Waals surface area contributed by atoms with Crippen LogP contribution in [0.2, 0.25) is 0 Å². The van der Waals surface area contributed by atoms with E-state index in [-0.39, 0.29) is 0 Å². The Hall–Kier alpha value is -1.63. The van der Waals surface area contributed by atoms with Gasteiger partial charge in [0.2, 0.25) is 0 Å². The zero-order valence-electron chi connectivity index (χ0n) is 9.22. The Bertz CT molecular complexity index is 306. The zero-order valence-corrected chi connectivity index (χ0v) is 9.22. The molecule has 0 aliphatic heterocycles. The first-order chi connectivity index (χ1) is 6.91. The van der Waals surface area contributed by atoms with Crippen LogP contribution in [0.1, 0.15) is 13.3 Å². The SMILES string of the molecule is C=C(C)/C=C\C(=C)CC(=C)/C=C\C(=C)F. The molecule has 0 N–H and O–H groups in total. The smallest absolute Gasteiger partial charge is 0.116 e. The Labute approximate surface area is 91.5 Å². The van der Waals surface area contributed by atoms with E-state index >= 15 is 0 Å². The topological polar surface area (TPSA) is 0 Å². The minimum absolute atomic E-state index is 0.473. The predicted octanol–water partition coefficient (Wildman–Crippen LogP) is 4.66. The summed E-state index contributed by atoms with van der Waals surface area (Å²) in [5.74, 6) is -0.473. The molecule has 0 saturated heterocycles. The van der Waals surface area contributed by atoms with Crippen LogP contribution in [-0.4, -0.2) is 0 Å². The minimum atomic E-state index is -0.473. The summed E-state index contributed by atoms with van der Waals surface area (Å²) in [6.45, 7) is 16.4. The highest BCUT2D eigenvalue weighted by Gasteiger charge is 1.92. The lowest BCUT2D eigenvalue weighted by Crippen LogP contribution is -1.79. The van der Waals surface area contributed by atoms with E-state index in [0.29, 0.717) is 6.42 Å². The van der Waals surface area contributed by atoms with E-state index in [4.69, 9.17) is 0 Å². The van der Waals surface area contributed by atoms with Crippen molar-refractivity contribution in [2.75, 3.05) is 0 Å². The van der Waals surface area contributed by atoms with E-state index in [1.54, 1.807) is 6.08 Å². The third-order valence-electron chi connectivity index (χ3n) is 1.56. The summed E-state index contributed by atoms with van der Waals surface area (Å²) < 4.78 is 12.3. The Morgan fingerprint density at radius 1 is 0.933 bits per heavy atom. The second-order valence-corrected chi connectivity index (χ2v) is 3.45. The van der Waals surface area contributed by atoms with Gasteiger partial charge in [-0.2, -0.15) is 0 Å². The zero-order chi connectivity index (χ0) is 11.8. The van der Waals surface area contributed by atoms with Crippen LogP contribution in [0.3, 0.4) is 0 Å². The number of rotatable bonds is 6. The van der Waals surface area contributed by atoms with Crippen molar-refractivity contribution < 1.29 is 4.39 Å². The Morgan fingerprint density at radius 2 is 1.40 bits per heavy atom. The van der Waals surface area contributed by atoms with Crippen molar-refractivity contribution in [1.29, 1.82) is 0 Å². The largest absolute Gasteiger partial charge is 0.208 e. The van der Waals surface area contributed by atoms with E-state index in [9.17, 15) is 4.39 Å². The van der Waals surface area contributed by atoms with E-state index < -0.39 is 5.83 Å². The maximum absolute atomic E-state index is 12.3. The monoisotopic (exact) mass is 204 g/mol. The molecule has 0 aromatic carbocycles. The highest BCUT2D eigenvalue weighted by atomic mass is 19.1. The molecule has 1 heteroatoms. The third kappa shape index (κ3) is 8.69. The molecule has 0 aromatic rings. The van der Waals surface area contributed by atoms with E-state index in [2.05, 4.69) is 26.3 Å². The number of allylic oxidation sites excluding steroid dienone is 8. The molecule has 0 radical (unpaired) electrons. The second-order valence-electron chi connectivity index (χ2n) is 3.45. The quantitative estimate of drug-likeness (QED) is 0.552. The highest BCUT2D eigenvalue weighted by molar-refractivity contribution is 5.31. The molecule has 0 unspecified atom stereocenters. The van der Waals surface area contributed by atoms with Gasteiger partial charge in [-0.25, -0.2) is 4.39 Å². The number of halogens is 1. The molecule has 0 rings (SSSR count). The van der Waals surface area contributed by atoms with Crippen molar-refractivity contribution in [2.45, 2.75) is 13.3 Å². The van der Waals surface area contributed by atoms with Crippen LogP contribution < -0.4 is 0 Å². The first-order valence-corrected chi connectivity index (χ1v) is 4.63. The van der Waals surface area contributed by atoms with Crippen molar-refractivity contribution in [3.8, 4) is 0 Å². The molecule has 0 saturated carbocycles. The molecule has 0 nitrogen and oxygen atoms in total. The van der Waals surface area contributed by atoms with Crippen LogP contribution in [0.4, 0.5) is 4.39 Å². The average molecular weight is 204 g/mol. The first-order valence-electron chi connectivity index (χ1n) is 4.63. The molecular formula is C14H17F. The Balaban J connectivity index is 4.14. The highest BCUT2D eigenvalue weighted by Crippen LogP contribution is 2.11. The van der Waals surface area contributed by atoms with Crippen molar-refractivity contribution in [3.63, 3.8) is 0 Å². The van der Waals surface area contributed by atoms with Crippen LogP contribution in [0.25, 0.3) is 0 Å². The second kappa shape index (κ2) is 6.77. The third-order valence-corrected chi connectivity index (χ3v) is 1.56. The molecule has 0 aromatic heterocycles. The van der Waals surface area contributed by atoms with Gasteiger partial charge < -0.3 is 0 Å². The van der Waals surface area contributed by atoms with Gasteiger partial charge in [0.1, 0.15) is 5.83 Å². The Morgan fingerprint density at radius 3 is 1.80 bits per heavy atom. The van der Waals surface area contributed by atoms with E-state index in [0.717, 1.165) is 16.7 Å². The molecule has 80 valence electrons. The normalized spacial score (nSPS) is 10.8. The van der Waals surface area contributed by atoms with Crippen molar-refractivity contribution in [3.05, 3.63) is 73.2 Å². The summed E-state index contributed by atoms with van der Waals surface area (Å²) in [5, 5.41) is 0. The van der Waals surface area contributed by atoms with Crippen LogP contribution in [0.5, 0.6) is 0 Å². The number of hydrogen-bond donors (Lipinski definition) is 0. The van der Waals surface area contributed by atoms with E-state index in [1.807, 2.05) is 19.1 Å². The van der Waals surface area contributed by atoms with Gasteiger partial charge in [0.25, 0.3) is 0 Å². The summed E-state index contributed by atoms with van der Waals surface area (Å²) in [6.07, 6.45) is 7.27. The van der Waals surface area contributed by atoms with Gasteiger partial charge in [-0.05, 0) is 19.4 Å². The maximum atomic E-state index is 12.3. The van der Waals surface area contributed by atoms with Crippen LogP contribution in [0, 0.1) is 0 Å². The molecule has 0 atom stereocenters. The van der Waals surface area contributed by atoms with Gasteiger partial charge >= 0.3 is 0 Å². The van der Waals surface area contributed by atoms with Gasteiger partial charge in [0.05, 0.1) is 0 Å². The lowest BCUT2D eigenvalue weighted by Gasteiger charge is -1.99. The van der Waals surface area contributed by atoms with Gasteiger partial charge in [0, 0.05) is 0 Å². The van der Waals surface area contributed by atoms with Gasteiger partial charge in [0.15, 0.2) is 0 Å². The number of hydrogen-bond acceptors (Lipinski definition) is 0. The fourth-order valence-electron chi connectivity index (χ4n) is 0.878. The lowest BCUT2D eigenvalue weighted by atomic mass is 10.1.